The second-order valence-corrected chi connectivity index (χ2v) is 3.51. The Labute approximate surface area is 105 Å². The fourth-order valence-corrected chi connectivity index (χ4v) is 1.47. The molecule has 2 aromatic rings. The van der Waals surface area contributed by atoms with E-state index in [9.17, 15) is 0 Å². The third-order valence-electron chi connectivity index (χ3n) is 2.39. The second-order valence-electron chi connectivity index (χ2n) is 3.51. The summed E-state index contributed by atoms with van der Waals surface area (Å²) in [4.78, 5) is 8.25. The smallest absolute Gasteiger partial charge is 0.159 e. The topological polar surface area (TPSA) is 68.0 Å². The van der Waals surface area contributed by atoms with Gasteiger partial charge in [-0.15, -0.1) is 0 Å². The average Bonchev–Trinajstić information content (AvgIpc) is 2.46. The van der Waals surface area contributed by atoms with Crippen molar-refractivity contribution in [1.29, 1.82) is 5.26 Å². The number of methoxy groups -OCH3 is 2. The lowest BCUT2D eigenvalue weighted by molar-refractivity contribution is 0.394. The lowest BCUT2D eigenvalue weighted by Gasteiger charge is -2.07. The Hall–Kier alpha value is -2.61. The van der Waals surface area contributed by atoms with Crippen LogP contribution in [0.3, 0.4) is 0 Å². The normalized spacial score (nSPS) is 9.61. The van der Waals surface area contributed by atoms with Crippen molar-refractivity contribution >= 4 is 0 Å². The lowest BCUT2D eigenvalue weighted by atomic mass is 10.2. The molecule has 0 aliphatic rings. The molecule has 0 atom stereocenters. The van der Waals surface area contributed by atoms with Crippen LogP contribution in [0.5, 0.6) is 11.5 Å². The number of hydrogen-bond acceptors (Lipinski definition) is 5. The van der Waals surface area contributed by atoms with Crippen LogP contribution in [-0.4, -0.2) is 24.2 Å². The Bertz CT molecular complexity index is 566. The molecule has 0 bridgehead atoms. The average molecular weight is 241 g/mol. The van der Waals surface area contributed by atoms with E-state index >= 15 is 0 Å². The largest absolute Gasteiger partial charge is 0.497 e. The van der Waals surface area contributed by atoms with Crippen molar-refractivity contribution in [3.8, 4) is 29.0 Å². The predicted octanol–water partition coefficient (Wildman–Crippen LogP) is 2.03. The van der Waals surface area contributed by atoms with Crippen molar-refractivity contribution in [2.24, 2.45) is 0 Å². The summed E-state index contributed by atoms with van der Waals surface area (Å²) in [6.45, 7) is 0. The summed E-state index contributed by atoms with van der Waals surface area (Å²) in [7, 11) is 3.16. The van der Waals surface area contributed by atoms with Crippen LogP contribution in [0.1, 0.15) is 5.56 Å². The van der Waals surface area contributed by atoms with Crippen molar-refractivity contribution in [2.45, 2.75) is 0 Å². The number of nitriles is 1. The van der Waals surface area contributed by atoms with E-state index < -0.39 is 0 Å². The fraction of sp³-hybridized carbons (Fsp3) is 0.154. The zero-order chi connectivity index (χ0) is 13.0. The molecule has 0 aliphatic carbocycles. The standard InChI is InChI=1S/C13H11N3O2/c1-17-11-3-10(4-12(5-11)18-2)13-15-7-9(6-14)8-16-13/h3-5,7-8H,1-2H3. The molecule has 0 spiro atoms. The summed E-state index contributed by atoms with van der Waals surface area (Å²) in [6, 6.07) is 7.37. The summed E-state index contributed by atoms with van der Waals surface area (Å²) in [5, 5.41) is 8.69. The van der Waals surface area contributed by atoms with Crippen LogP contribution in [0.15, 0.2) is 30.6 Å². The van der Waals surface area contributed by atoms with E-state index in [0.717, 1.165) is 5.56 Å². The number of rotatable bonds is 3. The summed E-state index contributed by atoms with van der Waals surface area (Å²) < 4.78 is 10.4. The first-order valence-corrected chi connectivity index (χ1v) is 5.22. The second kappa shape index (κ2) is 5.15. The van der Waals surface area contributed by atoms with E-state index in [-0.39, 0.29) is 0 Å². The minimum Gasteiger partial charge on any atom is -0.497 e. The van der Waals surface area contributed by atoms with Gasteiger partial charge < -0.3 is 9.47 Å². The molecule has 1 aromatic heterocycles. The van der Waals surface area contributed by atoms with E-state index in [4.69, 9.17) is 14.7 Å². The van der Waals surface area contributed by atoms with Crippen LogP contribution < -0.4 is 9.47 Å². The van der Waals surface area contributed by atoms with Crippen molar-refractivity contribution in [3.63, 3.8) is 0 Å². The Balaban J connectivity index is 2.45. The zero-order valence-corrected chi connectivity index (χ0v) is 10.0. The molecule has 18 heavy (non-hydrogen) atoms. The van der Waals surface area contributed by atoms with Gasteiger partial charge in [-0.25, -0.2) is 9.97 Å². The van der Waals surface area contributed by atoms with E-state index in [1.54, 1.807) is 20.3 Å². The Morgan fingerprint density at radius 3 is 2.00 bits per heavy atom. The van der Waals surface area contributed by atoms with Crippen LogP contribution in [-0.2, 0) is 0 Å². The minimum atomic E-state index is 0.425. The predicted molar refractivity (Wildman–Crippen MR) is 65.3 cm³/mol. The highest BCUT2D eigenvalue weighted by molar-refractivity contribution is 5.60. The maximum Gasteiger partial charge on any atom is 0.159 e. The Morgan fingerprint density at radius 2 is 1.56 bits per heavy atom. The minimum absolute atomic E-state index is 0.425. The van der Waals surface area contributed by atoms with Crippen LogP contribution in [0.25, 0.3) is 11.4 Å². The molecular formula is C13H11N3O2. The van der Waals surface area contributed by atoms with Gasteiger partial charge in [-0.2, -0.15) is 5.26 Å². The Kier molecular flexibility index (Phi) is 3.39. The Morgan fingerprint density at radius 1 is 1.00 bits per heavy atom. The molecule has 5 heteroatoms. The molecule has 1 heterocycles. The van der Waals surface area contributed by atoms with Crippen LogP contribution in [0.4, 0.5) is 0 Å². The molecule has 0 saturated carbocycles. The van der Waals surface area contributed by atoms with Gasteiger partial charge in [-0.3, -0.25) is 0 Å². The van der Waals surface area contributed by atoms with E-state index in [1.807, 2.05) is 18.2 Å². The molecule has 0 amide bonds. The van der Waals surface area contributed by atoms with E-state index in [0.29, 0.717) is 22.9 Å². The summed E-state index contributed by atoms with van der Waals surface area (Å²) in [5.74, 6) is 1.85. The molecule has 0 saturated heterocycles. The summed E-state index contributed by atoms with van der Waals surface area (Å²) >= 11 is 0. The first-order chi connectivity index (χ1) is 8.76. The number of nitrogens with zero attached hydrogens (tertiary/aromatic N) is 3. The quantitative estimate of drug-likeness (QED) is 0.822. The van der Waals surface area contributed by atoms with Crippen LogP contribution in [0.2, 0.25) is 0 Å². The third kappa shape index (κ3) is 2.38. The first-order valence-electron chi connectivity index (χ1n) is 5.22. The highest BCUT2D eigenvalue weighted by Gasteiger charge is 2.06. The molecule has 0 radical (unpaired) electrons. The maximum atomic E-state index is 8.69. The van der Waals surface area contributed by atoms with Gasteiger partial charge in [0.15, 0.2) is 5.82 Å². The molecule has 0 N–H and O–H groups in total. The molecular weight excluding hydrogens is 230 g/mol. The van der Waals surface area contributed by atoms with Gasteiger partial charge in [0.2, 0.25) is 0 Å². The molecule has 0 unspecified atom stereocenters. The van der Waals surface area contributed by atoms with Gasteiger partial charge in [0.05, 0.1) is 19.8 Å². The molecule has 0 fully saturated rings. The highest BCUT2D eigenvalue weighted by Crippen LogP contribution is 2.27. The fourth-order valence-electron chi connectivity index (χ4n) is 1.47. The number of hydrogen-bond donors (Lipinski definition) is 0. The number of aromatic nitrogens is 2. The van der Waals surface area contributed by atoms with Crippen LogP contribution in [0, 0.1) is 11.3 Å². The third-order valence-corrected chi connectivity index (χ3v) is 2.39. The molecule has 0 aliphatic heterocycles. The van der Waals surface area contributed by atoms with Gasteiger partial charge in [-0.1, -0.05) is 0 Å². The monoisotopic (exact) mass is 241 g/mol. The van der Waals surface area contributed by atoms with Crippen molar-refractivity contribution in [1.82, 2.24) is 9.97 Å². The molecule has 2 rings (SSSR count). The van der Waals surface area contributed by atoms with Crippen LogP contribution >= 0.6 is 0 Å². The highest BCUT2D eigenvalue weighted by atomic mass is 16.5. The van der Waals surface area contributed by atoms with Gasteiger partial charge in [0.25, 0.3) is 0 Å². The van der Waals surface area contributed by atoms with Crippen molar-refractivity contribution < 1.29 is 9.47 Å². The lowest BCUT2D eigenvalue weighted by Crippen LogP contribution is -1.93. The SMILES string of the molecule is COc1cc(OC)cc(-c2ncc(C#N)cn2)c1. The van der Waals surface area contributed by atoms with Gasteiger partial charge in [0.1, 0.15) is 17.6 Å². The number of benzene rings is 1. The van der Waals surface area contributed by atoms with Gasteiger partial charge in [-0.05, 0) is 12.1 Å². The van der Waals surface area contributed by atoms with Crippen molar-refractivity contribution in [2.75, 3.05) is 14.2 Å². The number of ether oxygens (including phenoxy) is 2. The molecule has 1 aromatic carbocycles. The first kappa shape index (κ1) is 11.9. The molecule has 90 valence electrons. The van der Waals surface area contributed by atoms with E-state index in [2.05, 4.69) is 9.97 Å². The van der Waals surface area contributed by atoms with Gasteiger partial charge >= 0.3 is 0 Å². The van der Waals surface area contributed by atoms with Gasteiger partial charge in [0, 0.05) is 24.0 Å². The maximum absolute atomic E-state index is 8.69. The van der Waals surface area contributed by atoms with E-state index in [1.165, 1.54) is 12.4 Å². The summed E-state index contributed by atoms with van der Waals surface area (Å²) in [5.41, 5.74) is 1.20. The molecule has 5 nitrogen and oxygen atoms in total. The zero-order valence-electron chi connectivity index (χ0n) is 10.0. The van der Waals surface area contributed by atoms with Crippen molar-refractivity contribution in [3.05, 3.63) is 36.2 Å². The summed E-state index contributed by atoms with van der Waals surface area (Å²) in [6.07, 6.45) is 2.96.